The summed E-state index contributed by atoms with van der Waals surface area (Å²) in [6.07, 6.45) is 0. The van der Waals surface area contributed by atoms with Gasteiger partial charge in [0.1, 0.15) is 23.2 Å². The summed E-state index contributed by atoms with van der Waals surface area (Å²) in [5.74, 6) is 0.818. The second kappa shape index (κ2) is 5.42. The van der Waals surface area contributed by atoms with Crippen LogP contribution in [0.2, 0.25) is 0 Å². The molecule has 0 saturated carbocycles. The fourth-order valence-electron chi connectivity index (χ4n) is 2.53. The number of anilines is 2. The largest absolute Gasteiger partial charge is 0.382 e. The molecule has 0 amide bonds. The fraction of sp³-hybridized carbons (Fsp3) is 0.125. The maximum atomic E-state index is 9.32. The van der Waals surface area contributed by atoms with Crippen LogP contribution in [0.1, 0.15) is 17.0 Å². The number of nitrogens with zero attached hydrogens (tertiary/aromatic N) is 4. The van der Waals surface area contributed by atoms with Crippen molar-refractivity contribution >= 4 is 11.8 Å². The minimum atomic E-state index is 0.0271. The van der Waals surface area contributed by atoms with Crippen molar-refractivity contribution in [3.05, 3.63) is 41.3 Å². The zero-order valence-electron chi connectivity index (χ0n) is 12.7. The predicted octanol–water partition coefficient (Wildman–Crippen LogP) is 2.45. The van der Waals surface area contributed by atoms with E-state index >= 15 is 0 Å². The quantitative estimate of drug-likeness (QED) is 0.744. The molecule has 7 heteroatoms. The summed E-state index contributed by atoms with van der Waals surface area (Å²) in [7, 11) is 0. The molecule has 7 nitrogen and oxygen atoms in total. The van der Waals surface area contributed by atoms with Crippen molar-refractivity contribution in [2.24, 2.45) is 0 Å². The van der Waals surface area contributed by atoms with Crippen LogP contribution in [0, 0.1) is 25.2 Å². The number of benzene rings is 1. The van der Waals surface area contributed by atoms with E-state index in [0.29, 0.717) is 5.69 Å². The van der Waals surface area contributed by atoms with Gasteiger partial charge in [0.05, 0.1) is 11.4 Å². The third-order valence-electron chi connectivity index (χ3n) is 3.52. The van der Waals surface area contributed by atoms with Gasteiger partial charge in [-0.1, -0.05) is 23.4 Å². The smallest absolute Gasteiger partial charge is 0.222 e. The third kappa shape index (κ3) is 2.46. The van der Waals surface area contributed by atoms with Crippen molar-refractivity contribution in [2.45, 2.75) is 13.8 Å². The first-order chi connectivity index (χ1) is 11.0. The number of rotatable bonds is 2. The van der Waals surface area contributed by atoms with Crippen molar-refractivity contribution in [2.75, 3.05) is 11.5 Å². The first kappa shape index (κ1) is 14.5. The van der Waals surface area contributed by atoms with Crippen LogP contribution >= 0.6 is 0 Å². The Morgan fingerprint density at radius 2 is 1.87 bits per heavy atom. The van der Waals surface area contributed by atoms with Crippen molar-refractivity contribution in [3.8, 4) is 28.5 Å². The van der Waals surface area contributed by atoms with Gasteiger partial charge in [-0.15, -0.1) is 0 Å². The Labute approximate surface area is 132 Å². The number of nitrogen functional groups attached to an aromatic ring is 2. The minimum absolute atomic E-state index is 0.0271. The normalized spacial score (nSPS) is 10.5. The Kier molecular flexibility index (Phi) is 3.43. The first-order valence-electron chi connectivity index (χ1n) is 6.88. The van der Waals surface area contributed by atoms with Crippen LogP contribution in [0.3, 0.4) is 0 Å². The molecule has 0 unspecified atom stereocenters. The summed E-state index contributed by atoms with van der Waals surface area (Å²) < 4.78 is 5.21. The van der Waals surface area contributed by atoms with Crippen LogP contribution in [-0.4, -0.2) is 15.1 Å². The lowest BCUT2D eigenvalue weighted by molar-refractivity contribution is 0.393. The van der Waals surface area contributed by atoms with Crippen LogP contribution < -0.4 is 11.5 Å². The van der Waals surface area contributed by atoms with Crippen LogP contribution in [0.5, 0.6) is 0 Å². The van der Waals surface area contributed by atoms with Gasteiger partial charge in [0.25, 0.3) is 0 Å². The van der Waals surface area contributed by atoms with Gasteiger partial charge < -0.3 is 16.0 Å². The Hall–Kier alpha value is -3.40. The number of hydrogen-bond acceptors (Lipinski definition) is 7. The van der Waals surface area contributed by atoms with Gasteiger partial charge in [-0.25, -0.2) is 4.98 Å². The van der Waals surface area contributed by atoms with Gasteiger partial charge in [0.15, 0.2) is 0 Å². The minimum Gasteiger partial charge on any atom is -0.382 e. The predicted molar refractivity (Wildman–Crippen MR) is 86.0 cm³/mol. The molecule has 4 N–H and O–H groups in total. The van der Waals surface area contributed by atoms with Crippen molar-refractivity contribution in [1.82, 2.24) is 15.1 Å². The highest BCUT2D eigenvalue weighted by atomic mass is 16.5. The van der Waals surface area contributed by atoms with Crippen molar-refractivity contribution < 1.29 is 4.52 Å². The van der Waals surface area contributed by atoms with Gasteiger partial charge in [0.2, 0.25) is 5.95 Å². The zero-order valence-corrected chi connectivity index (χ0v) is 12.7. The highest BCUT2D eigenvalue weighted by molar-refractivity contribution is 5.78. The topological polar surface area (TPSA) is 128 Å². The summed E-state index contributed by atoms with van der Waals surface area (Å²) in [4.78, 5) is 8.00. The Morgan fingerprint density at radius 3 is 2.52 bits per heavy atom. The summed E-state index contributed by atoms with van der Waals surface area (Å²) in [5.41, 5.74) is 15.4. The molecule has 3 aromatic rings. The van der Waals surface area contributed by atoms with Gasteiger partial charge in [-0.2, -0.15) is 10.2 Å². The molecule has 0 fully saturated rings. The standard InChI is InChI=1S/C16H14N6O/c1-8-13(9(2)23-22-8)10-4-3-5-11(6-10)14-12(7-17)15(18)21-16(19)20-14/h3-6H,1-2H3,(H4,18,19,20,21). The van der Waals surface area contributed by atoms with E-state index in [2.05, 4.69) is 15.1 Å². The summed E-state index contributed by atoms with van der Waals surface area (Å²) >= 11 is 0. The van der Waals surface area contributed by atoms with E-state index in [1.807, 2.05) is 44.2 Å². The maximum absolute atomic E-state index is 9.32. The molecule has 0 saturated heterocycles. The van der Waals surface area contributed by atoms with Gasteiger partial charge >= 0.3 is 0 Å². The monoisotopic (exact) mass is 306 g/mol. The summed E-state index contributed by atoms with van der Waals surface area (Å²) in [6.45, 7) is 3.73. The second-order valence-corrected chi connectivity index (χ2v) is 5.08. The molecule has 2 aromatic heterocycles. The number of nitriles is 1. The number of nitrogens with two attached hydrogens (primary N) is 2. The number of aromatic nitrogens is 3. The Balaban J connectivity index is 2.21. The molecule has 0 bridgehead atoms. The SMILES string of the molecule is Cc1noc(C)c1-c1cccc(-c2nc(N)nc(N)c2C#N)c1. The molecule has 0 aliphatic carbocycles. The lowest BCUT2D eigenvalue weighted by Crippen LogP contribution is -2.05. The van der Waals surface area contributed by atoms with Crippen LogP contribution in [0.4, 0.5) is 11.8 Å². The fourth-order valence-corrected chi connectivity index (χ4v) is 2.53. The Morgan fingerprint density at radius 1 is 1.13 bits per heavy atom. The molecule has 3 rings (SSSR count). The highest BCUT2D eigenvalue weighted by Crippen LogP contribution is 2.32. The second-order valence-electron chi connectivity index (χ2n) is 5.08. The maximum Gasteiger partial charge on any atom is 0.222 e. The van der Waals surface area contributed by atoms with Crippen molar-refractivity contribution in [1.29, 1.82) is 5.26 Å². The van der Waals surface area contributed by atoms with E-state index < -0.39 is 0 Å². The molecule has 114 valence electrons. The molecule has 23 heavy (non-hydrogen) atoms. The summed E-state index contributed by atoms with van der Waals surface area (Å²) in [6, 6.07) is 9.57. The zero-order chi connectivity index (χ0) is 16.6. The molecule has 0 aliphatic rings. The van der Waals surface area contributed by atoms with Gasteiger partial charge in [-0.3, -0.25) is 0 Å². The molecule has 0 atom stereocenters. The van der Waals surface area contributed by atoms with E-state index in [0.717, 1.165) is 28.1 Å². The van der Waals surface area contributed by atoms with Crippen molar-refractivity contribution in [3.63, 3.8) is 0 Å². The molecule has 2 heterocycles. The lowest BCUT2D eigenvalue weighted by atomic mass is 9.99. The first-order valence-corrected chi connectivity index (χ1v) is 6.88. The van der Waals surface area contributed by atoms with Gasteiger partial charge in [0, 0.05) is 11.1 Å². The number of hydrogen-bond donors (Lipinski definition) is 2. The van der Waals surface area contributed by atoms with E-state index in [1.165, 1.54) is 0 Å². The van der Waals surface area contributed by atoms with Crippen LogP contribution in [-0.2, 0) is 0 Å². The van der Waals surface area contributed by atoms with E-state index in [9.17, 15) is 5.26 Å². The molecule has 1 aromatic carbocycles. The molecular formula is C16H14N6O. The summed E-state index contributed by atoms with van der Waals surface area (Å²) in [5, 5.41) is 13.3. The lowest BCUT2D eigenvalue weighted by Gasteiger charge is -2.08. The molecule has 0 aliphatic heterocycles. The number of aryl methyl sites for hydroxylation is 2. The van der Waals surface area contributed by atoms with Gasteiger partial charge in [-0.05, 0) is 25.5 Å². The average Bonchev–Trinajstić information content (AvgIpc) is 2.85. The molecule has 0 spiro atoms. The molecular weight excluding hydrogens is 292 g/mol. The Bertz CT molecular complexity index is 919. The van der Waals surface area contributed by atoms with E-state index in [1.54, 1.807) is 0 Å². The van der Waals surface area contributed by atoms with Crippen LogP contribution in [0.25, 0.3) is 22.4 Å². The third-order valence-corrected chi connectivity index (χ3v) is 3.52. The average molecular weight is 306 g/mol. The van der Waals surface area contributed by atoms with E-state index in [4.69, 9.17) is 16.0 Å². The molecule has 0 radical (unpaired) electrons. The highest BCUT2D eigenvalue weighted by Gasteiger charge is 2.16. The van der Waals surface area contributed by atoms with Crippen LogP contribution in [0.15, 0.2) is 28.8 Å². The van der Waals surface area contributed by atoms with E-state index in [-0.39, 0.29) is 17.3 Å².